The lowest BCUT2D eigenvalue weighted by Crippen LogP contribution is -2.45. The summed E-state index contributed by atoms with van der Waals surface area (Å²) in [4.78, 5) is 29.1. The van der Waals surface area contributed by atoms with Gasteiger partial charge in [0.15, 0.2) is 0 Å². The van der Waals surface area contributed by atoms with E-state index in [2.05, 4.69) is 16.8 Å². The number of carbonyl (C=O) groups excluding carboxylic acids is 2. The minimum absolute atomic E-state index is 0.0648. The highest BCUT2D eigenvalue weighted by atomic mass is 35.5. The van der Waals surface area contributed by atoms with Crippen molar-refractivity contribution in [2.24, 2.45) is 0 Å². The van der Waals surface area contributed by atoms with Crippen LogP contribution in [0.2, 0.25) is 5.02 Å². The first-order chi connectivity index (χ1) is 14.6. The summed E-state index contributed by atoms with van der Waals surface area (Å²) in [7, 11) is 0. The number of rotatable bonds is 6. The second-order valence-electron chi connectivity index (χ2n) is 7.37. The van der Waals surface area contributed by atoms with Gasteiger partial charge in [-0.2, -0.15) is 0 Å². The first kappa shape index (κ1) is 20.6. The normalized spacial score (nSPS) is 17.7. The van der Waals surface area contributed by atoms with Crippen LogP contribution in [0, 0.1) is 0 Å². The van der Waals surface area contributed by atoms with Crippen molar-refractivity contribution in [3.8, 4) is 0 Å². The number of nitrogens with zero attached hydrogens (tertiary/aromatic N) is 2. The zero-order chi connectivity index (χ0) is 21.1. The van der Waals surface area contributed by atoms with Crippen LogP contribution in [0.3, 0.4) is 0 Å². The van der Waals surface area contributed by atoms with Gasteiger partial charge in [0.05, 0.1) is 19.3 Å². The summed E-state index contributed by atoms with van der Waals surface area (Å²) in [5.41, 5.74) is 2.88. The van der Waals surface area contributed by atoms with Crippen LogP contribution in [0.5, 0.6) is 0 Å². The van der Waals surface area contributed by atoms with Gasteiger partial charge >= 0.3 is 0 Å². The van der Waals surface area contributed by atoms with Gasteiger partial charge in [0.2, 0.25) is 5.91 Å². The van der Waals surface area contributed by atoms with E-state index in [0.717, 1.165) is 24.2 Å². The number of hydrogen-bond donors (Lipinski definition) is 1. The topological polar surface area (TPSA) is 61.9 Å². The molecule has 2 heterocycles. The van der Waals surface area contributed by atoms with E-state index in [1.54, 1.807) is 6.07 Å². The molecule has 0 radical (unpaired) electrons. The lowest BCUT2D eigenvalue weighted by molar-refractivity contribution is -0.121. The van der Waals surface area contributed by atoms with Crippen LogP contribution in [0.4, 0.5) is 0 Å². The van der Waals surface area contributed by atoms with Crippen LogP contribution in [0.15, 0.2) is 55.1 Å². The molecule has 1 N–H and O–H groups in total. The minimum atomic E-state index is -0.234. The number of ether oxygens (including phenoxy) is 1. The summed E-state index contributed by atoms with van der Waals surface area (Å²) < 4.78 is 5.47. The molecule has 0 bridgehead atoms. The highest BCUT2D eigenvalue weighted by Crippen LogP contribution is 2.31. The van der Waals surface area contributed by atoms with E-state index < -0.39 is 0 Å². The standard InChI is InChI=1S/C23H24ClN3O3/c1-16-17-6-2-3-7-18(17)23(29)27(16)15-22(28)25-14-21(26-10-12-30-13-11-26)19-8-4-5-9-20(19)24/h2-9,21H,1,10-15H2,(H,25,28). The number of halogens is 1. The molecule has 1 atom stereocenters. The Labute approximate surface area is 181 Å². The smallest absolute Gasteiger partial charge is 0.259 e. The van der Waals surface area contributed by atoms with Crippen LogP contribution >= 0.6 is 11.6 Å². The number of morpholine rings is 1. The molecule has 1 saturated heterocycles. The third-order valence-corrected chi connectivity index (χ3v) is 5.93. The molecule has 1 unspecified atom stereocenters. The number of hydrogen-bond acceptors (Lipinski definition) is 4. The molecule has 1 fully saturated rings. The molecular weight excluding hydrogens is 402 g/mol. The van der Waals surface area contributed by atoms with E-state index in [-0.39, 0.29) is 24.4 Å². The number of amides is 2. The Balaban J connectivity index is 1.44. The first-order valence-electron chi connectivity index (χ1n) is 9.99. The Bertz CT molecular complexity index is 937. The average molecular weight is 426 g/mol. The van der Waals surface area contributed by atoms with Gasteiger partial charge < -0.3 is 10.1 Å². The molecule has 0 spiro atoms. The summed E-state index contributed by atoms with van der Waals surface area (Å²) in [5, 5.41) is 3.65. The maximum Gasteiger partial charge on any atom is 0.259 e. The molecule has 0 saturated carbocycles. The molecule has 2 aromatic carbocycles. The van der Waals surface area contributed by atoms with Crippen LogP contribution < -0.4 is 5.32 Å². The molecule has 0 aliphatic carbocycles. The van der Waals surface area contributed by atoms with E-state index in [1.807, 2.05) is 42.5 Å². The molecule has 2 amide bonds. The molecule has 30 heavy (non-hydrogen) atoms. The fraction of sp³-hybridized carbons (Fsp3) is 0.304. The minimum Gasteiger partial charge on any atom is -0.379 e. The average Bonchev–Trinajstić information content (AvgIpc) is 3.01. The molecule has 6 nitrogen and oxygen atoms in total. The van der Waals surface area contributed by atoms with Gasteiger partial charge in [0.1, 0.15) is 6.54 Å². The fourth-order valence-corrected chi connectivity index (χ4v) is 4.24. The van der Waals surface area contributed by atoms with Gasteiger partial charge in [-0.05, 0) is 17.7 Å². The van der Waals surface area contributed by atoms with Crippen molar-refractivity contribution in [1.29, 1.82) is 0 Å². The van der Waals surface area contributed by atoms with Gasteiger partial charge in [-0.15, -0.1) is 0 Å². The Morgan fingerprint density at radius 2 is 1.77 bits per heavy atom. The molecule has 7 heteroatoms. The van der Waals surface area contributed by atoms with Crippen molar-refractivity contribution in [1.82, 2.24) is 15.1 Å². The summed E-state index contributed by atoms with van der Waals surface area (Å²) in [6.07, 6.45) is 0. The lowest BCUT2D eigenvalue weighted by atomic mass is 10.0. The first-order valence-corrected chi connectivity index (χ1v) is 10.4. The molecule has 156 valence electrons. The SMILES string of the molecule is C=C1c2ccccc2C(=O)N1CC(=O)NCC(c1ccccc1Cl)N1CCOCC1. The maximum atomic E-state index is 12.7. The second-order valence-corrected chi connectivity index (χ2v) is 7.78. The van der Waals surface area contributed by atoms with Gasteiger partial charge in [-0.25, -0.2) is 0 Å². The Hall–Kier alpha value is -2.67. The third kappa shape index (κ3) is 4.12. The van der Waals surface area contributed by atoms with Crippen molar-refractivity contribution in [3.63, 3.8) is 0 Å². The number of nitrogens with one attached hydrogen (secondary N) is 1. The number of benzene rings is 2. The summed E-state index contributed by atoms with van der Waals surface area (Å²) in [6, 6.07) is 14.9. The van der Waals surface area contributed by atoms with Crippen LogP contribution in [-0.2, 0) is 9.53 Å². The quantitative estimate of drug-likeness (QED) is 0.773. The molecule has 2 aliphatic heterocycles. The van der Waals surface area contributed by atoms with Gasteiger partial charge in [-0.3, -0.25) is 19.4 Å². The zero-order valence-electron chi connectivity index (χ0n) is 16.6. The molecule has 4 rings (SSSR count). The van der Waals surface area contributed by atoms with Crippen molar-refractivity contribution in [2.75, 3.05) is 39.4 Å². The predicted molar refractivity (Wildman–Crippen MR) is 116 cm³/mol. The van der Waals surface area contributed by atoms with Crippen molar-refractivity contribution in [2.45, 2.75) is 6.04 Å². The molecule has 2 aliphatic rings. The van der Waals surface area contributed by atoms with Crippen molar-refractivity contribution >= 4 is 29.1 Å². The Morgan fingerprint density at radius 3 is 2.47 bits per heavy atom. The van der Waals surface area contributed by atoms with Crippen LogP contribution in [0.25, 0.3) is 5.70 Å². The van der Waals surface area contributed by atoms with E-state index in [9.17, 15) is 9.59 Å². The monoisotopic (exact) mass is 425 g/mol. The highest BCUT2D eigenvalue weighted by Gasteiger charge is 2.32. The van der Waals surface area contributed by atoms with Crippen molar-refractivity contribution in [3.05, 3.63) is 76.8 Å². The number of fused-ring (bicyclic) bond motifs is 1. The van der Waals surface area contributed by atoms with E-state index in [4.69, 9.17) is 16.3 Å². The lowest BCUT2D eigenvalue weighted by Gasteiger charge is -2.35. The second kappa shape index (κ2) is 9.00. The molecule has 0 aromatic heterocycles. The van der Waals surface area contributed by atoms with E-state index in [1.165, 1.54) is 4.90 Å². The molecular formula is C23H24ClN3O3. The largest absolute Gasteiger partial charge is 0.379 e. The van der Waals surface area contributed by atoms with Crippen molar-refractivity contribution < 1.29 is 14.3 Å². The van der Waals surface area contributed by atoms with Gasteiger partial charge in [-0.1, -0.05) is 54.6 Å². The van der Waals surface area contributed by atoms with E-state index >= 15 is 0 Å². The Kier molecular flexibility index (Phi) is 6.18. The summed E-state index contributed by atoms with van der Waals surface area (Å²) in [6.45, 7) is 7.15. The fourth-order valence-electron chi connectivity index (χ4n) is 3.98. The maximum absolute atomic E-state index is 12.7. The zero-order valence-corrected chi connectivity index (χ0v) is 17.4. The van der Waals surface area contributed by atoms with E-state index in [0.29, 0.717) is 36.0 Å². The highest BCUT2D eigenvalue weighted by molar-refractivity contribution is 6.31. The molecule has 2 aromatic rings. The van der Waals surface area contributed by atoms with Crippen LogP contribution in [0.1, 0.15) is 27.5 Å². The summed E-state index contributed by atoms with van der Waals surface area (Å²) in [5.74, 6) is -0.427. The predicted octanol–water partition coefficient (Wildman–Crippen LogP) is 2.96. The number of carbonyl (C=O) groups is 2. The van der Waals surface area contributed by atoms with Gasteiger partial charge in [0.25, 0.3) is 5.91 Å². The summed E-state index contributed by atoms with van der Waals surface area (Å²) >= 11 is 6.45. The van der Waals surface area contributed by atoms with Gasteiger partial charge in [0, 0.05) is 41.5 Å². The van der Waals surface area contributed by atoms with Crippen LogP contribution in [-0.4, -0.2) is 61.0 Å². The Morgan fingerprint density at radius 1 is 1.10 bits per heavy atom. The third-order valence-electron chi connectivity index (χ3n) is 5.58.